The average Bonchev–Trinajstić information content (AvgIpc) is 3.10. The highest BCUT2D eigenvalue weighted by Gasteiger charge is 2.51. The number of aromatic nitrogens is 2. The number of amides is 1. The van der Waals surface area contributed by atoms with Crippen LogP contribution in [0.15, 0.2) is 17.6 Å². The summed E-state index contributed by atoms with van der Waals surface area (Å²) < 4.78 is 12.0. The van der Waals surface area contributed by atoms with Crippen molar-refractivity contribution in [3.8, 4) is 0 Å². The van der Waals surface area contributed by atoms with E-state index in [-0.39, 0.29) is 23.0 Å². The molecule has 3 rings (SSSR count). The van der Waals surface area contributed by atoms with E-state index in [1.54, 1.807) is 29.1 Å². The highest BCUT2D eigenvalue weighted by Crippen LogP contribution is 2.36. The van der Waals surface area contributed by atoms with Crippen molar-refractivity contribution in [2.45, 2.75) is 55.7 Å². The van der Waals surface area contributed by atoms with E-state index in [4.69, 9.17) is 20.9 Å². The van der Waals surface area contributed by atoms with Gasteiger partial charge in [-0.2, -0.15) is 0 Å². The first-order valence-electron chi connectivity index (χ1n) is 8.40. The maximum Gasteiger partial charge on any atom is 0.498 e. The molecule has 0 aromatic carbocycles. The van der Waals surface area contributed by atoms with Crippen molar-refractivity contribution >= 4 is 41.9 Å². The Morgan fingerprint density at radius 1 is 1.32 bits per heavy atom. The lowest BCUT2D eigenvalue weighted by Crippen LogP contribution is -2.41. The SMILES string of the molecule is CC1(C)OB(c2cnc(SC3CCN(C(=O)CCl)C3)nc2)OC1(C)C. The molecule has 136 valence electrons. The Kier molecular flexibility index (Phi) is 5.35. The van der Waals surface area contributed by atoms with Gasteiger partial charge in [0, 0.05) is 36.2 Å². The van der Waals surface area contributed by atoms with Crippen LogP contribution in [0.4, 0.5) is 0 Å². The van der Waals surface area contributed by atoms with E-state index in [1.165, 1.54) is 0 Å². The fourth-order valence-electron chi connectivity index (χ4n) is 2.77. The summed E-state index contributed by atoms with van der Waals surface area (Å²) in [5.74, 6) is 0.0261. The molecule has 0 bridgehead atoms. The quantitative estimate of drug-likeness (QED) is 0.448. The van der Waals surface area contributed by atoms with E-state index >= 15 is 0 Å². The molecule has 1 amide bonds. The summed E-state index contributed by atoms with van der Waals surface area (Å²) in [5.41, 5.74) is 0.0501. The molecule has 1 aromatic rings. The van der Waals surface area contributed by atoms with Crippen LogP contribution in [-0.2, 0) is 14.1 Å². The molecule has 0 saturated carbocycles. The maximum absolute atomic E-state index is 11.6. The van der Waals surface area contributed by atoms with E-state index in [9.17, 15) is 4.79 Å². The van der Waals surface area contributed by atoms with Crippen LogP contribution in [0.1, 0.15) is 34.1 Å². The molecular weight excluding hydrogens is 361 g/mol. The molecule has 2 aliphatic heterocycles. The lowest BCUT2D eigenvalue weighted by molar-refractivity contribution is -0.127. The van der Waals surface area contributed by atoms with Gasteiger partial charge in [0.15, 0.2) is 5.16 Å². The summed E-state index contributed by atoms with van der Waals surface area (Å²) in [6, 6.07) is 0. The third kappa shape index (κ3) is 3.97. The number of rotatable bonds is 4. The van der Waals surface area contributed by atoms with E-state index in [2.05, 4.69) is 9.97 Å². The van der Waals surface area contributed by atoms with Gasteiger partial charge in [-0.1, -0.05) is 11.8 Å². The van der Waals surface area contributed by atoms with Gasteiger partial charge in [0.05, 0.1) is 11.2 Å². The van der Waals surface area contributed by atoms with Crippen LogP contribution in [0.2, 0.25) is 0 Å². The largest absolute Gasteiger partial charge is 0.498 e. The summed E-state index contributed by atoms with van der Waals surface area (Å²) in [7, 11) is -0.452. The van der Waals surface area contributed by atoms with Gasteiger partial charge in [0.2, 0.25) is 5.91 Å². The molecule has 1 atom stereocenters. The topological polar surface area (TPSA) is 64.5 Å². The minimum absolute atomic E-state index is 0.0122. The molecule has 0 radical (unpaired) electrons. The first-order valence-corrected chi connectivity index (χ1v) is 9.81. The molecule has 0 aliphatic carbocycles. The van der Waals surface area contributed by atoms with Gasteiger partial charge in [0.25, 0.3) is 0 Å². The molecule has 6 nitrogen and oxygen atoms in total. The predicted octanol–water partition coefficient (Wildman–Crippen LogP) is 1.71. The third-order valence-electron chi connectivity index (χ3n) is 5.06. The van der Waals surface area contributed by atoms with Gasteiger partial charge in [-0.3, -0.25) is 4.79 Å². The molecule has 25 heavy (non-hydrogen) atoms. The Balaban J connectivity index is 1.60. The van der Waals surface area contributed by atoms with Crippen molar-refractivity contribution in [1.82, 2.24) is 14.9 Å². The molecule has 3 heterocycles. The zero-order valence-electron chi connectivity index (χ0n) is 15.0. The van der Waals surface area contributed by atoms with Gasteiger partial charge in [-0.05, 0) is 34.1 Å². The first kappa shape index (κ1) is 19.0. The van der Waals surface area contributed by atoms with Crippen LogP contribution in [0, 0.1) is 0 Å². The minimum atomic E-state index is -0.452. The number of nitrogens with zero attached hydrogens (tertiary/aromatic N) is 3. The zero-order valence-corrected chi connectivity index (χ0v) is 16.6. The Morgan fingerprint density at radius 3 is 2.48 bits per heavy atom. The fourth-order valence-corrected chi connectivity index (χ4v) is 3.94. The van der Waals surface area contributed by atoms with Crippen molar-refractivity contribution in [3.63, 3.8) is 0 Å². The second kappa shape index (κ2) is 7.06. The summed E-state index contributed by atoms with van der Waals surface area (Å²) in [6.45, 7) is 9.52. The Hall–Kier alpha value is -0.825. The van der Waals surface area contributed by atoms with Gasteiger partial charge in [-0.25, -0.2) is 9.97 Å². The number of likely N-dealkylation sites (tertiary alicyclic amines) is 1. The minimum Gasteiger partial charge on any atom is -0.399 e. The number of carbonyl (C=O) groups excluding carboxylic acids is 1. The predicted molar refractivity (Wildman–Crippen MR) is 99.3 cm³/mol. The average molecular weight is 384 g/mol. The van der Waals surface area contributed by atoms with Gasteiger partial charge in [0.1, 0.15) is 5.88 Å². The molecule has 2 aliphatic rings. The van der Waals surface area contributed by atoms with E-state index in [0.717, 1.165) is 18.4 Å². The van der Waals surface area contributed by atoms with Crippen molar-refractivity contribution < 1.29 is 14.1 Å². The van der Waals surface area contributed by atoms with Crippen LogP contribution >= 0.6 is 23.4 Å². The lowest BCUT2D eigenvalue weighted by atomic mass is 9.81. The monoisotopic (exact) mass is 383 g/mol. The van der Waals surface area contributed by atoms with Crippen LogP contribution in [0.5, 0.6) is 0 Å². The summed E-state index contributed by atoms with van der Waals surface area (Å²) in [6.07, 6.45) is 4.44. The number of hydrogen-bond donors (Lipinski definition) is 0. The maximum atomic E-state index is 11.6. The second-order valence-corrected chi connectivity index (χ2v) is 8.92. The third-order valence-corrected chi connectivity index (χ3v) is 6.43. The molecule has 0 N–H and O–H groups in total. The molecule has 0 spiro atoms. The standard InChI is InChI=1S/C16H23BClN3O3S/c1-15(2)16(3,4)24-17(23-15)11-8-19-14(20-9-11)25-12-5-6-21(10-12)13(22)7-18/h8-9,12H,5-7,10H2,1-4H3. The molecule has 2 saturated heterocycles. The van der Waals surface area contributed by atoms with Crippen molar-refractivity contribution in [2.75, 3.05) is 19.0 Å². The van der Waals surface area contributed by atoms with Gasteiger partial charge in [-0.15, -0.1) is 11.6 Å². The number of alkyl halides is 1. The Morgan fingerprint density at radius 2 is 1.92 bits per heavy atom. The summed E-state index contributed by atoms with van der Waals surface area (Å²) >= 11 is 7.21. The van der Waals surface area contributed by atoms with E-state index < -0.39 is 7.12 Å². The Bertz CT molecular complexity index is 628. The van der Waals surface area contributed by atoms with Crippen LogP contribution in [0.25, 0.3) is 0 Å². The summed E-state index contributed by atoms with van der Waals surface area (Å²) in [4.78, 5) is 22.3. The normalized spacial score (nSPS) is 24.8. The van der Waals surface area contributed by atoms with E-state index in [1.807, 2.05) is 27.7 Å². The molecule has 9 heteroatoms. The highest BCUT2D eigenvalue weighted by molar-refractivity contribution is 7.99. The van der Waals surface area contributed by atoms with Crippen LogP contribution in [-0.4, -0.2) is 63.3 Å². The molecule has 1 unspecified atom stereocenters. The van der Waals surface area contributed by atoms with Gasteiger partial charge < -0.3 is 14.2 Å². The first-order chi connectivity index (χ1) is 11.7. The van der Waals surface area contributed by atoms with Crippen LogP contribution in [0.3, 0.4) is 0 Å². The van der Waals surface area contributed by atoms with Crippen LogP contribution < -0.4 is 5.46 Å². The number of hydrogen-bond acceptors (Lipinski definition) is 6. The lowest BCUT2D eigenvalue weighted by Gasteiger charge is -2.32. The molecule has 1 aromatic heterocycles. The van der Waals surface area contributed by atoms with Crippen molar-refractivity contribution in [3.05, 3.63) is 12.4 Å². The number of thioether (sulfide) groups is 1. The second-order valence-electron chi connectivity index (χ2n) is 7.39. The van der Waals surface area contributed by atoms with Crippen molar-refractivity contribution in [1.29, 1.82) is 0 Å². The number of halogens is 1. The number of carbonyl (C=O) groups is 1. The van der Waals surface area contributed by atoms with Gasteiger partial charge >= 0.3 is 7.12 Å². The highest BCUT2D eigenvalue weighted by atomic mass is 35.5. The molecular formula is C16H23BClN3O3S. The Labute approximate surface area is 158 Å². The molecule has 2 fully saturated rings. The zero-order chi connectivity index (χ0) is 18.2. The van der Waals surface area contributed by atoms with E-state index in [0.29, 0.717) is 17.0 Å². The van der Waals surface area contributed by atoms with Crippen molar-refractivity contribution in [2.24, 2.45) is 0 Å². The fraction of sp³-hybridized carbons (Fsp3) is 0.688. The summed E-state index contributed by atoms with van der Waals surface area (Å²) in [5, 5.41) is 1.00. The smallest absolute Gasteiger partial charge is 0.399 e.